The molecule has 2 rings (SSSR count). The van der Waals surface area contributed by atoms with Gasteiger partial charge in [-0.2, -0.15) is 0 Å². The monoisotopic (exact) mass is 357 g/mol. The molecule has 0 aliphatic carbocycles. The lowest BCUT2D eigenvalue weighted by Crippen LogP contribution is -3.12. The van der Waals surface area contributed by atoms with Gasteiger partial charge in [0.05, 0.1) is 19.9 Å². The number of ether oxygens (including phenoxy) is 1. The minimum Gasteiger partial charge on any atom is -0.496 e. The number of methoxy groups -OCH3 is 1. The zero-order valence-electron chi connectivity index (χ0n) is 16.7. The van der Waals surface area contributed by atoms with Gasteiger partial charge in [0.2, 0.25) is 5.78 Å². The first-order valence-electron chi connectivity index (χ1n) is 8.87. The number of carbonyl (C=O) groups is 2. The second-order valence-corrected chi connectivity index (χ2v) is 7.11. The molecule has 0 fully saturated rings. The first-order chi connectivity index (χ1) is 12.2. The van der Waals surface area contributed by atoms with Crippen molar-refractivity contribution in [3.8, 4) is 5.75 Å². The molecular formula is C21H29N2O3+. The summed E-state index contributed by atoms with van der Waals surface area (Å²) in [6, 6.07) is 5.82. The number of aromatic nitrogens is 1. The van der Waals surface area contributed by atoms with Crippen LogP contribution < -0.4 is 9.64 Å². The number of aryl methyl sites for hydroxylation is 2. The molecule has 5 heteroatoms. The van der Waals surface area contributed by atoms with Crippen molar-refractivity contribution < 1.29 is 19.2 Å². The molecule has 1 aromatic heterocycles. The van der Waals surface area contributed by atoms with Crippen LogP contribution in [0.1, 0.15) is 57.1 Å². The summed E-state index contributed by atoms with van der Waals surface area (Å²) in [5.41, 5.74) is 4.90. The fourth-order valence-corrected chi connectivity index (χ4v) is 3.46. The number of hydrogen-bond acceptors (Lipinski definition) is 3. The van der Waals surface area contributed by atoms with Crippen LogP contribution in [-0.2, 0) is 6.54 Å². The van der Waals surface area contributed by atoms with E-state index in [4.69, 9.17) is 4.74 Å². The Morgan fingerprint density at radius 2 is 1.88 bits per heavy atom. The van der Waals surface area contributed by atoms with Gasteiger partial charge in [-0.3, -0.25) is 9.59 Å². The first kappa shape index (κ1) is 19.9. The number of H-pyrrole nitrogens is 1. The predicted octanol–water partition coefficient (Wildman–Crippen LogP) is 2.44. The summed E-state index contributed by atoms with van der Waals surface area (Å²) in [4.78, 5) is 29.0. The van der Waals surface area contributed by atoms with Crippen molar-refractivity contribution in [2.45, 2.75) is 47.2 Å². The fraction of sp³-hybridized carbons (Fsp3) is 0.429. The highest BCUT2D eigenvalue weighted by Crippen LogP contribution is 2.20. The largest absolute Gasteiger partial charge is 0.496 e. The normalized spacial score (nSPS) is 13.3. The number of quaternary nitrogens is 1. The number of benzene rings is 1. The summed E-state index contributed by atoms with van der Waals surface area (Å²) in [5.74, 6) is 0.829. The van der Waals surface area contributed by atoms with Crippen LogP contribution >= 0.6 is 0 Å². The molecule has 0 aliphatic heterocycles. The molecule has 0 amide bonds. The number of ketones is 2. The third kappa shape index (κ3) is 3.88. The minimum absolute atomic E-state index is 0.0159. The van der Waals surface area contributed by atoms with Crippen molar-refractivity contribution in [1.82, 2.24) is 4.98 Å². The molecule has 140 valence electrons. The standard InChI is InChI=1S/C21H28N2O3/c1-12-8-9-18(26-7)17(10-12)11-23(6)15(4)21(25)20-13(2)19(16(5)24)14(3)22-20/h8-10,15,22H,11H2,1-7H3/p+1/t15-/m0/s1. The van der Waals surface area contributed by atoms with Gasteiger partial charge in [-0.1, -0.05) is 11.6 Å². The van der Waals surface area contributed by atoms with Gasteiger partial charge in [-0.15, -0.1) is 0 Å². The predicted molar refractivity (Wildman–Crippen MR) is 102 cm³/mol. The highest BCUT2D eigenvalue weighted by Gasteiger charge is 2.28. The molecule has 1 unspecified atom stereocenters. The summed E-state index contributed by atoms with van der Waals surface area (Å²) in [5, 5.41) is 0. The van der Waals surface area contributed by atoms with Gasteiger partial charge in [0.1, 0.15) is 12.3 Å². The number of rotatable bonds is 7. The highest BCUT2D eigenvalue weighted by atomic mass is 16.5. The van der Waals surface area contributed by atoms with E-state index in [-0.39, 0.29) is 17.6 Å². The van der Waals surface area contributed by atoms with E-state index in [1.807, 2.05) is 46.9 Å². The molecule has 0 saturated carbocycles. The van der Waals surface area contributed by atoms with Crippen molar-refractivity contribution >= 4 is 11.6 Å². The van der Waals surface area contributed by atoms with Crippen LogP contribution in [0.5, 0.6) is 5.75 Å². The van der Waals surface area contributed by atoms with Crippen LogP contribution in [0, 0.1) is 20.8 Å². The second-order valence-electron chi connectivity index (χ2n) is 7.11. The summed E-state index contributed by atoms with van der Waals surface area (Å²) in [6.07, 6.45) is 0. The summed E-state index contributed by atoms with van der Waals surface area (Å²) >= 11 is 0. The zero-order valence-corrected chi connectivity index (χ0v) is 16.7. The zero-order chi connectivity index (χ0) is 19.6. The van der Waals surface area contributed by atoms with Crippen LogP contribution in [0.15, 0.2) is 18.2 Å². The van der Waals surface area contributed by atoms with E-state index in [2.05, 4.69) is 11.1 Å². The molecule has 5 nitrogen and oxygen atoms in total. The molecule has 1 aromatic carbocycles. The fourth-order valence-electron chi connectivity index (χ4n) is 3.46. The maximum absolute atomic E-state index is 13.0. The topological polar surface area (TPSA) is 63.6 Å². The van der Waals surface area contributed by atoms with Gasteiger partial charge >= 0.3 is 0 Å². The number of hydrogen-bond donors (Lipinski definition) is 2. The number of aromatic amines is 1. The van der Waals surface area contributed by atoms with E-state index in [9.17, 15) is 9.59 Å². The number of Topliss-reactive ketones (excluding diaryl/α,β-unsaturated/α-hetero) is 2. The Hall–Kier alpha value is -2.40. The molecule has 1 heterocycles. The summed E-state index contributed by atoms with van der Waals surface area (Å²) in [7, 11) is 3.66. The summed E-state index contributed by atoms with van der Waals surface area (Å²) < 4.78 is 5.45. The van der Waals surface area contributed by atoms with Gasteiger partial charge in [-0.05, 0) is 52.3 Å². The van der Waals surface area contributed by atoms with Crippen LogP contribution in [-0.4, -0.2) is 36.7 Å². The average Bonchev–Trinajstić information content (AvgIpc) is 2.88. The summed E-state index contributed by atoms with van der Waals surface area (Å²) in [6.45, 7) is 9.83. The maximum Gasteiger partial charge on any atom is 0.235 e. The van der Waals surface area contributed by atoms with E-state index in [0.717, 1.165) is 33.0 Å². The quantitative estimate of drug-likeness (QED) is 0.748. The lowest BCUT2D eigenvalue weighted by atomic mass is 10.0. The molecule has 0 saturated heterocycles. The molecule has 26 heavy (non-hydrogen) atoms. The lowest BCUT2D eigenvalue weighted by Gasteiger charge is -2.22. The Morgan fingerprint density at radius 3 is 2.42 bits per heavy atom. The van der Waals surface area contributed by atoms with Crippen molar-refractivity contribution in [3.63, 3.8) is 0 Å². The van der Waals surface area contributed by atoms with Gasteiger partial charge < -0.3 is 14.6 Å². The lowest BCUT2D eigenvalue weighted by molar-refractivity contribution is -0.907. The van der Waals surface area contributed by atoms with Gasteiger partial charge in [0, 0.05) is 16.8 Å². The number of nitrogens with one attached hydrogen (secondary N) is 2. The smallest absolute Gasteiger partial charge is 0.235 e. The molecule has 0 spiro atoms. The Morgan fingerprint density at radius 1 is 1.23 bits per heavy atom. The van der Waals surface area contributed by atoms with Crippen molar-refractivity contribution in [1.29, 1.82) is 0 Å². The SMILES string of the molecule is COc1ccc(C)cc1C[NH+](C)[C@@H](C)C(=O)c1[nH]c(C)c(C(C)=O)c1C. The van der Waals surface area contributed by atoms with Crippen molar-refractivity contribution in [3.05, 3.63) is 51.8 Å². The van der Waals surface area contributed by atoms with Gasteiger partial charge in [0.25, 0.3) is 0 Å². The van der Waals surface area contributed by atoms with Gasteiger partial charge in [0.15, 0.2) is 11.8 Å². The Kier molecular flexibility index (Phi) is 6.03. The molecule has 0 bridgehead atoms. The number of likely N-dealkylation sites (N-methyl/N-ethyl adjacent to an activating group) is 1. The maximum atomic E-state index is 13.0. The molecule has 0 aliphatic rings. The van der Waals surface area contributed by atoms with Crippen LogP contribution in [0.2, 0.25) is 0 Å². The Bertz CT molecular complexity index is 836. The van der Waals surface area contributed by atoms with E-state index >= 15 is 0 Å². The van der Waals surface area contributed by atoms with Gasteiger partial charge in [-0.25, -0.2) is 0 Å². The minimum atomic E-state index is -0.253. The number of carbonyl (C=O) groups excluding carboxylic acids is 2. The van der Waals surface area contributed by atoms with E-state index in [0.29, 0.717) is 17.8 Å². The van der Waals surface area contributed by atoms with Crippen LogP contribution in [0.3, 0.4) is 0 Å². The third-order valence-corrected chi connectivity index (χ3v) is 5.07. The second kappa shape index (κ2) is 7.87. The van der Waals surface area contributed by atoms with Crippen LogP contribution in [0.25, 0.3) is 0 Å². The van der Waals surface area contributed by atoms with Crippen LogP contribution in [0.4, 0.5) is 0 Å². The van der Waals surface area contributed by atoms with E-state index in [1.165, 1.54) is 6.92 Å². The molecule has 0 radical (unpaired) electrons. The average molecular weight is 357 g/mol. The molecule has 2 aromatic rings. The van der Waals surface area contributed by atoms with Crippen molar-refractivity contribution in [2.24, 2.45) is 0 Å². The third-order valence-electron chi connectivity index (χ3n) is 5.07. The van der Waals surface area contributed by atoms with E-state index in [1.54, 1.807) is 7.11 Å². The first-order valence-corrected chi connectivity index (χ1v) is 8.87. The Labute approximate surface area is 155 Å². The van der Waals surface area contributed by atoms with E-state index < -0.39 is 0 Å². The molecular weight excluding hydrogens is 328 g/mol. The van der Waals surface area contributed by atoms with Crippen molar-refractivity contribution in [2.75, 3.05) is 14.2 Å². The Balaban J connectivity index is 2.25. The highest BCUT2D eigenvalue weighted by molar-refractivity contribution is 6.04. The molecule has 2 atom stereocenters. The molecule has 2 N–H and O–H groups in total.